The second-order valence-corrected chi connectivity index (χ2v) is 4.40. The maximum absolute atomic E-state index is 10.9. The first-order valence-electron chi connectivity index (χ1n) is 6.31. The Morgan fingerprint density at radius 3 is 2.89 bits per heavy atom. The molecule has 6 heteroatoms. The van der Waals surface area contributed by atoms with E-state index in [1.807, 2.05) is 6.92 Å². The van der Waals surface area contributed by atoms with Gasteiger partial charge >= 0.3 is 5.69 Å². The van der Waals surface area contributed by atoms with E-state index in [1.54, 1.807) is 19.1 Å². The topological polar surface area (TPSA) is 84.6 Å². The molecule has 0 radical (unpaired) electrons. The van der Waals surface area contributed by atoms with Crippen LogP contribution in [0.15, 0.2) is 18.2 Å². The number of nitrogens with zero attached hydrogens (tertiary/aromatic N) is 1. The standard InChI is InChI=1S/C13H20N2O4/c1-3-6-14-8-11(16)9-19-13-5-4-10(2)7-12(13)15(17)18/h4-5,7,11,14,16H,3,6,8-9H2,1-2H3. The van der Waals surface area contributed by atoms with Crippen LogP contribution in [-0.4, -0.2) is 35.8 Å². The van der Waals surface area contributed by atoms with Crippen molar-refractivity contribution in [2.45, 2.75) is 26.4 Å². The van der Waals surface area contributed by atoms with Crippen molar-refractivity contribution in [3.05, 3.63) is 33.9 Å². The Hall–Kier alpha value is -1.66. The van der Waals surface area contributed by atoms with Gasteiger partial charge in [0.1, 0.15) is 12.7 Å². The molecule has 0 saturated carbocycles. The summed E-state index contributed by atoms with van der Waals surface area (Å²) in [5, 5.41) is 23.6. The summed E-state index contributed by atoms with van der Waals surface area (Å²) < 4.78 is 5.31. The molecule has 2 N–H and O–H groups in total. The molecular formula is C13H20N2O4. The molecule has 106 valence electrons. The lowest BCUT2D eigenvalue weighted by Gasteiger charge is -2.13. The van der Waals surface area contributed by atoms with Gasteiger partial charge in [-0.05, 0) is 31.5 Å². The Bertz CT molecular complexity index is 423. The Labute approximate surface area is 112 Å². The molecule has 1 aromatic rings. The summed E-state index contributed by atoms with van der Waals surface area (Å²) in [5.41, 5.74) is 0.720. The van der Waals surface area contributed by atoms with E-state index in [4.69, 9.17) is 4.74 Å². The molecule has 0 aromatic heterocycles. The van der Waals surface area contributed by atoms with Gasteiger partial charge in [0, 0.05) is 12.6 Å². The average molecular weight is 268 g/mol. The minimum Gasteiger partial charge on any atom is -0.484 e. The van der Waals surface area contributed by atoms with Crippen molar-refractivity contribution in [2.24, 2.45) is 0 Å². The van der Waals surface area contributed by atoms with Crippen LogP contribution in [0.5, 0.6) is 5.75 Å². The number of nitro groups is 1. The molecule has 0 spiro atoms. The van der Waals surface area contributed by atoms with Crippen LogP contribution in [0.4, 0.5) is 5.69 Å². The first-order chi connectivity index (χ1) is 9.04. The Morgan fingerprint density at radius 1 is 1.53 bits per heavy atom. The third-order valence-electron chi connectivity index (χ3n) is 2.55. The van der Waals surface area contributed by atoms with Crippen molar-refractivity contribution in [3.63, 3.8) is 0 Å². The summed E-state index contributed by atoms with van der Waals surface area (Å²) >= 11 is 0. The van der Waals surface area contributed by atoms with Crippen molar-refractivity contribution in [1.29, 1.82) is 0 Å². The van der Waals surface area contributed by atoms with Gasteiger partial charge in [0.25, 0.3) is 0 Å². The summed E-state index contributed by atoms with van der Waals surface area (Å²) in [6.45, 7) is 5.07. The first-order valence-corrected chi connectivity index (χ1v) is 6.31. The fourth-order valence-electron chi connectivity index (χ4n) is 1.58. The zero-order chi connectivity index (χ0) is 14.3. The number of aliphatic hydroxyl groups excluding tert-OH is 1. The number of ether oxygens (including phenoxy) is 1. The minimum atomic E-state index is -0.688. The average Bonchev–Trinajstić information content (AvgIpc) is 2.37. The number of aliphatic hydroxyl groups is 1. The lowest BCUT2D eigenvalue weighted by atomic mass is 10.2. The third-order valence-corrected chi connectivity index (χ3v) is 2.55. The van der Waals surface area contributed by atoms with Gasteiger partial charge in [-0.25, -0.2) is 0 Å². The molecule has 6 nitrogen and oxygen atoms in total. The molecule has 1 atom stereocenters. The lowest BCUT2D eigenvalue weighted by molar-refractivity contribution is -0.386. The predicted octanol–water partition coefficient (Wildman–Crippen LogP) is 1.64. The number of hydrogen-bond donors (Lipinski definition) is 2. The highest BCUT2D eigenvalue weighted by Crippen LogP contribution is 2.27. The van der Waals surface area contributed by atoms with E-state index in [2.05, 4.69) is 5.32 Å². The van der Waals surface area contributed by atoms with Gasteiger partial charge in [-0.2, -0.15) is 0 Å². The van der Waals surface area contributed by atoms with E-state index < -0.39 is 11.0 Å². The van der Waals surface area contributed by atoms with E-state index in [9.17, 15) is 15.2 Å². The van der Waals surface area contributed by atoms with Gasteiger partial charge in [-0.15, -0.1) is 0 Å². The molecule has 0 amide bonds. The molecule has 0 heterocycles. The highest BCUT2D eigenvalue weighted by Gasteiger charge is 2.16. The lowest BCUT2D eigenvalue weighted by Crippen LogP contribution is -2.31. The molecule has 0 aliphatic carbocycles. The number of hydrogen-bond acceptors (Lipinski definition) is 5. The zero-order valence-corrected chi connectivity index (χ0v) is 11.3. The van der Waals surface area contributed by atoms with Crippen molar-refractivity contribution in [2.75, 3.05) is 19.7 Å². The van der Waals surface area contributed by atoms with E-state index in [0.717, 1.165) is 18.5 Å². The molecule has 0 saturated heterocycles. The van der Waals surface area contributed by atoms with Gasteiger partial charge in [0.15, 0.2) is 5.75 Å². The van der Waals surface area contributed by atoms with Crippen LogP contribution in [0.2, 0.25) is 0 Å². The number of benzene rings is 1. The molecule has 0 fully saturated rings. The molecule has 0 aliphatic rings. The molecular weight excluding hydrogens is 248 g/mol. The van der Waals surface area contributed by atoms with E-state index in [1.165, 1.54) is 6.07 Å². The summed E-state index contributed by atoms with van der Waals surface area (Å²) in [6.07, 6.45) is 0.296. The summed E-state index contributed by atoms with van der Waals surface area (Å²) in [5.74, 6) is 0.185. The highest BCUT2D eigenvalue weighted by molar-refractivity contribution is 5.48. The van der Waals surface area contributed by atoms with Crippen LogP contribution in [0.1, 0.15) is 18.9 Å². The molecule has 19 heavy (non-hydrogen) atoms. The highest BCUT2D eigenvalue weighted by atomic mass is 16.6. The van der Waals surface area contributed by atoms with Crippen molar-refractivity contribution in [1.82, 2.24) is 5.32 Å². The van der Waals surface area contributed by atoms with E-state index in [0.29, 0.717) is 6.54 Å². The van der Waals surface area contributed by atoms with Crippen LogP contribution in [0, 0.1) is 17.0 Å². The maximum atomic E-state index is 10.9. The van der Waals surface area contributed by atoms with Gasteiger partial charge in [0.2, 0.25) is 0 Å². The summed E-state index contributed by atoms with van der Waals surface area (Å²) in [4.78, 5) is 10.4. The van der Waals surface area contributed by atoms with Crippen LogP contribution in [-0.2, 0) is 0 Å². The van der Waals surface area contributed by atoms with Crippen LogP contribution < -0.4 is 10.1 Å². The van der Waals surface area contributed by atoms with Crippen LogP contribution >= 0.6 is 0 Å². The number of nitrogens with one attached hydrogen (secondary N) is 1. The van der Waals surface area contributed by atoms with Crippen molar-refractivity contribution >= 4 is 5.69 Å². The first kappa shape index (κ1) is 15.4. The largest absolute Gasteiger partial charge is 0.484 e. The van der Waals surface area contributed by atoms with E-state index >= 15 is 0 Å². The molecule has 1 rings (SSSR count). The van der Waals surface area contributed by atoms with Gasteiger partial charge in [0.05, 0.1) is 4.92 Å². The molecule has 1 unspecified atom stereocenters. The second-order valence-electron chi connectivity index (χ2n) is 4.40. The summed E-state index contributed by atoms with van der Waals surface area (Å²) in [7, 11) is 0. The smallest absolute Gasteiger partial charge is 0.311 e. The van der Waals surface area contributed by atoms with Gasteiger partial charge in [-0.1, -0.05) is 13.0 Å². The summed E-state index contributed by atoms with van der Waals surface area (Å²) in [6, 6.07) is 4.75. The van der Waals surface area contributed by atoms with Crippen LogP contribution in [0.3, 0.4) is 0 Å². The number of aryl methyl sites for hydroxylation is 1. The van der Waals surface area contributed by atoms with Crippen molar-refractivity contribution in [3.8, 4) is 5.75 Å². The van der Waals surface area contributed by atoms with Crippen molar-refractivity contribution < 1.29 is 14.8 Å². The number of nitro benzene ring substituents is 1. The maximum Gasteiger partial charge on any atom is 0.311 e. The monoisotopic (exact) mass is 268 g/mol. The predicted molar refractivity (Wildman–Crippen MR) is 72.5 cm³/mol. The van der Waals surface area contributed by atoms with E-state index in [-0.39, 0.29) is 18.0 Å². The Morgan fingerprint density at radius 2 is 2.26 bits per heavy atom. The third kappa shape index (κ3) is 5.23. The Kier molecular flexibility index (Phi) is 6.24. The fraction of sp³-hybridized carbons (Fsp3) is 0.538. The molecule has 0 bridgehead atoms. The molecule has 0 aliphatic heterocycles. The van der Waals surface area contributed by atoms with Gasteiger partial charge < -0.3 is 15.2 Å². The van der Waals surface area contributed by atoms with Crippen LogP contribution in [0.25, 0.3) is 0 Å². The second kappa shape index (κ2) is 7.70. The normalized spacial score (nSPS) is 12.2. The van der Waals surface area contributed by atoms with Gasteiger partial charge in [-0.3, -0.25) is 10.1 Å². The zero-order valence-electron chi connectivity index (χ0n) is 11.3. The quantitative estimate of drug-likeness (QED) is 0.425. The Balaban J connectivity index is 2.55. The molecule has 1 aromatic carbocycles. The SMILES string of the molecule is CCCNCC(O)COc1ccc(C)cc1[N+](=O)[O-]. The minimum absolute atomic E-state index is 0.0284. The fourth-order valence-corrected chi connectivity index (χ4v) is 1.58. The number of rotatable bonds is 8.